The highest BCUT2D eigenvalue weighted by atomic mass is 35.5. The molecule has 6 heteroatoms. The number of nitrogens with zero attached hydrogens (tertiary/aromatic N) is 2. The molecular formula is C25H25ClN2O3. The summed E-state index contributed by atoms with van der Waals surface area (Å²) in [4.78, 5) is 0. The fourth-order valence-corrected chi connectivity index (χ4v) is 5.50. The van der Waals surface area contributed by atoms with Gasteiger partial charge in [0.1, 0.15) is 11.4 Å². The van der Waals surface area contributed by atoms with Gasteiger partial charge in [0.05, 0.1) is 30.7 Å². The third-order valence-electron chi connectivity index (χ3n) is 6.75. The molecule has 1 spiro atoms. The molecule has 0 N–H and O–H groups in total. The zero-order valence-corrected chi connectivity index (χ0v) is 18.3. The molecule has 31 heavy (non-hydrogen) atoms. The van der Waals surface area contributed by atoms with Crippen LogP contribution in [0.1, 0.15) is 36.9 Å². The maximum absolute atomic E-state index is 6.54. The van der Waals surface area contributed by atoms with Crippen LogP contribution in [0.2, 0.25) is 5.02 Å². The van der Waals surface area contributed by atoms with E-state index in [9.17, 15) is 0 Å². The van der Waals surface area contributed by atoms with Crippen LogP contribution in [-0.2, 0) is 22.3 Å². The van der Waals surface area contributed by atoms with Crippen molar-refractivity contribution < 1.29 is 14.2 Å². The Morgan fingerprint density at radius 3 is 2.42 bits per heavy atom. The SMILES string of the molecule is COc1ccccc1-n1nc2c(c1-c1ccc(Cl)cc1)CC1(C2)OC2CCCC[C@@H]2O1. The fraction of sp³-hybridized carbons (Fsp3) is 0.400. The van der Waals surface area contributed by atoms with E-state index in [1.165, 1.54) is 18.4 Å². The fourth-order valence-electron chi connectivity index (χ4n) is 5.37. The monoisotopic (exact) mass is 436 g/mol. The smallest absolute Gasteiger partial charge is 0.178 e. The van der Waals surface area contributed by atoms with Crippen molar-refractivity contribution in [2.24, 2.45) is 0 Å². The van der Waals surface area contributed by atoms with Crippen LogP contribution in [0.15, 0.2) is 48.5 Å². The molecule has 2 aromatic carbocycles. The van der Waals surface area contributed by atoms with Crippen LogP contribution in [0, 0.1) is 0 Å². The Morgan fingerprint density at radius 2 is 1.71 bits per heavy atom. The standard InChI is InChI=1S/C25H25ClN2O3/c1-29-21-7-3-2-6-20(21)28-24(16-10-12-17(26)13-11-16)18-14-25(15-19(18)27-28)30-22-8-4-5-9-23(22)31-25/h2-3,6-7,10-13,22-23H,4-5,8-9,14-15H2,1H3/t22-,23?,25?/m0/s1. The summed E-state index contributed by atoms with van der Waals surface area (Å²) in [7, 11) is 1.69. The minimum atomic E-state index is -0.571. The zero-order chi connectivity index (χ0) is 21.0. The quantitative estimate of drug-likeness (QED) is 0.555. The van der Waals surface area contributed by atoms with Gasteiger partial charge in [0.15, 0.2) is 5.79 Å². The molecule has 2 aliphatic carbocycles. The van der Waals surface area contributed by atoms with Gasteiger partial charge in [-0.25, -0.2) is 4.68 Å². The van der Waals surface area contributed by atoms with Gasteiger partial charge in [-0.1, -0.05) is 48.7 Å². The van der Waals surface area contributed by atoms with Gasteiger partial charge in [-0.15, -0.1) is 0 Å². The van der Waals surface area contributed by atoms with Crippen LogP contribution in [0.25, 0.3) is 16.9 Å². The van der Waals surface area contributed by atoms with E-state index in [2.05, 4.69) is 0 Å². The summed E-state index contributed by atoms with van der Waals surface area (Å²) in [6, 6.07) is 15.9. The van der Waals surface area contributed by atoms with Crippen molar-refractivity contribution in [3.63, 3.8) is 0 Å². The summed E-state index contributed by atoms with van der Waals surface area (Å²) in [5, 5.41) is 5.76. The average Bonchev–Trinajstić information content (AvgIpc) is 3.43. The Kier molecular flexibility index (Phi) is 4.60. The van der Waals surface area contributed by atoms with Gasteiger partial charge in [-0.2, -0.15) is 5.10 Å². The van der Waals surface area contributed by atoms with E-state index in [0.29, 0.717) is 17.9 Å². The van der Waals surface area contributed by atoms with Gasteiger partial charge >= 0.3 is 0 Å². The third-order valence-corrected chi connectivity index (χ3v) is 7.01. The lowest BCUT2D eigenvalue weighted by Gasteiger charge is -2.23. The normalized spacial score (nSPS) is 26.8. The largest absolute Gasteiger partial charge is 0.494 e. The number of hydrogen-bond donors (Lipinski definition) is 0. The second kappa shape index (κ2) is 7.37. The van der Waals surface area contributed by atoms with Gasteiger partial charge in [0.2, 0.25) is 0 Å². The molecule has 3 aliphatic rings. The topological polar surface area (TPSA) is 45.5 Å². The predicted molar refractivity (Wildman–Crippen MR) is 119 cm³/mol. The van der Waals surface area contributed by atoms with Crippen molar-refractivity contribution in [1.29, 1.82) is 0 Å². The lowest BCUT2D eigenvalue weighted by atomic mass is 9.95. The average molecular weight is 437 g/mol. The summed E-state index contributed by atoms with van der Waals surface area (Å²) in [5.41, 5.74) is 5.26. The number of fused-ring (bicyclic) bond motifs is 2. The summed E-state index contributed by atoms with van der Waals surface area (Å²) < 4.78 is 20.7. The van der Waals surface area contributed by atoms with Crippen molar-refractivity contribution in [1.82, 2.24) is 9.78 Å². The first-order valence-corrected chi connectivity index (χ1v) is 11.4. The number of ether oxygens (including phenoxy) is 3. The minimum Gasteiger partial charge on any atom is -0.494 e. The van der Waals surface area contributed by atoms with Gasteiger partial charge in [-0.3, -0.25) is 0 Å². The minimum absolute atomic E-state index is 0.220. The van der Waals surface area contributed by atoms with E-state index in [0.717, 1.165) is 41.2 Å². The Balaban J connectivity index is 1.46. The third kappa shape index (κ3) is 3.18. The van der Waals surface area contributed by atoms with E-state index in [1.54, 1.807) is 7.11 Å². The first-order chi connectivity index (χ1) is 15.2. The highest BCUT2D eigenvalue weighted by Crippen LogP contribution is 2.47. The van der Waals surface area contributed by atoms with Crippen LogP contribution >= 0.6 is 11.6 Å². The molecule has 2 heterocycles. The van der Waals surface area contributed by atoms with Gasteiger partial charge in [0, 0.05) is 29.0 Å². The number of methoxy groups -OCH3 is 1. The molecule has 1 aliphatic heterocycles. The number of halogens is 1. The van der Waals surface area contributed by atoms with Crippen LogP contribution < -0.4 is 4.74 Å². The lowest BCUT2D eigenvalue weighted by Crippen LogP contribution is -2.32. The molecule has 2 fully saturated rings. The van der Waals surface area contributed by atoms with Crippen LogP contribution in [0.3, 0.4) is 0 Å². The van der Waals surface area contributed by atoms with E-state index >= 15 is 0 Å². The number of hydrogen-bond acceptors (Lipinski definition) is 4. The van der Waals surface area contributed by atoms with E-state index in [-0.39, 0.29) is 12.2 Å². The van der Waals surface area contributed by atoms with E-state index in [4.69, 9.17) is 30.9 Å². The lowest BCUT2D eigenvalue weighted by molar-refractivity contribution is -0.166. The number of para-hydroxylation sites is 2. The molecule has 0 bridgehead atoms. The molecule has 0 radical (unpaired) electrons. The Hall–Kier alpha value is -2.34. The summed E-state index contributed by atoms with van der Waals surface area (Å²) in [5.74, 6) is 0.214. The van der Waals surface area contributed by atoms with Crippen molar-refractivity contribution >= 4 is 11.6 Å². The first-order valence-electron chi connectivity index (χ1n) is 11.0. The Bertz CT molecular complexity index is 1110. The van der Waals surface area contributed by atoms with Crippen molar-refractivity contribution in [2.45, 2.75) is 56.5 Å². The van der Waals surface area contributed by atoms with Crippen LogP contribution in [-0.4, -0.2) is 34.9 Å². The number of rotatable bonds is 3. The maximum atomic E-state index is 6.54. The van der Waals surface area contributed by atoms with Crippen molar-refractivity contribution in [2.75, 3.05) is 7.11 Å². The second-order valence-electron chi connectivity index (χ2n) is 8.73. The van der Waals surface area contributed by atoms with Crippen LogP contribution in [0.4, 0.5) is 0 Å². The molecule has 6 rings (SSSR count). The molecule has 1 saturated heterocycles. The summed E-state index contributed by atoms with van der Waals surface area (Å²) >= 11 is 6.18. The molecule has 160 valence electrons. The molecule has 2 unspecified atom stereocenters. The van der Waals surface area contributed by atoms with Gasteiger partial charge in [0.25, 0.3) is 0 Å². The molecule has 1 aromatic heterocycles. The number of aromatic nitrogens is 2. The Labute approximate surface area is 186 Å². The van der Waals surface area contributed by atoms with Crippen LogP contribution in [0.5, 0.6) is 5.75 Å². The maximum Gasteiger partial charge on any atom is 0.178 e. The van der Waals surface area contributed by atoms with Gasteiger partial charge < -0.3 is 14.2 Å². The molecule has 0 amide bonds. The molecule has 3 atom stereocenters. The summed E-state index contributed by atoms with van der Waals surface area (Å²) in [6.07, 6.45) is 6.46. The second-order valence-corrected chi connectivity index (χ2v) is 9.16. The highest BCUT2D eigenvalue weighted by molar-refractivity contribution is 6.30. The summed E-state index contributed by atoms with van der Waals surface area (Å²) in [6.45, 7) is 0. The first kappa shape index (κ1) is 19.4. The molecular weight excluding hydrogens is 412 g/mol. The predicted octanol–water partition coefficient (Wildman–Crippen LogP) is 5.35. The van der Waals surface area contributed by atoms with E-state index < -0.39 is 5.79 Å². The Morgan fingerprint density at radius 1 is 1.00 bits per heavy atom. The molecule has 3 aromatic rings. The number of benzene rings is 2. The highest BCUT2D eigenvalue weighted by Gasteiger charge is 2.53. The molecule has 1 saturated carbocycles. The molecule has 5 nitrogen and oxygen atoms in total. The van der Waals surface area contributed by atoms with E-state index in [1.807, 2.05) is 53.2 Å². The van der Waals surface area contributed by atoms with Crippen molar-refractivity contribution in [3.05, 3.63) is 64.8 Å². The zero-order valence-electron chi connectivity index (χ0n) is 17.5. The van der Waals surface area contributed by atoms with Gasteiger partial charge in [-0.05, 0) is 37.1 Å². The van der Waals surface area contributed by atoms with Crippen molar-refractivity contribution in [3.8, 4) is 22.7 Å².